The van der Waals surface area contributed by atoms with E-state index in [1.165, 1.54) is 23.2 Å². The molecule has 0 fully saturated rings. The Kier molecular flexibility index (Phi) is 3.31. The standard InChI is InChI=1S/C11H10F3N7O/c12-11(13,14)1-2-22-8-7(6-3-17-18-4-6)16-5-21-9(8)19-10(15)20-21/h3-5H,1-2H2,(H2,15,20)(H,17,18). The number of aromatic nitrogens is 6. The van der Waals surface area contributed by atoms with Crippen LogP contribution in [0.3, 0.4) is 0 Å². The van der Waals surface area contributed by atoms with Gasteiger partial charge in [-0.15, -0.1) is 5.10 Å². The van der Waals surface area contributed by atoms with E-state index in [0.29, 0.717) is 11.3 Å². The first-order valence-electron chi connectivity index (χ1n) is 6.13. The van der Waals surface area contributed by atoms with Crippen molar-refractivity contribution in [2.45, 2.75) is 12.6 Å². The van der Waals surface area contributed by atoms with Crippen molar-refractivity contribution in [2.24, 2.45) is 0 Å². The van der Waals surface area contributed by atoms with Gasteiger partial charge in [-0.2, -0.15) is 27.8 Å². The quantitative estimate of drug-likeness (QED) is 0.754. The van der Waals surface area contributed by atoms with Crippen molar-refractivity contribution in [3.05, 3.63) is 18.7 Å². The van der Waals surface area contributed by atoms with Crippen molar-refractivity contribution in [3.8, 4) is 17.0 Å². The van der Waals surface area contributed by atoms with Crippen molar-refractivity contribution in [2.75, 3.05) is 12.3 Å². The Morgan fingerprint density at radius 1 is 1.36 bits per heavy atom. The number of anilines is 1. The number of aromatic amines is 1. The molecule has 0 spiro atoms. The number of nitrogens with two attached hydrogens (primary N) is 1. The van der Waals surface area contributed by atoms with Gasteiger partial charge in [0.25, 0.3) is 0 Å². The molecule has 0 atom stereocenters. The highest BCUT2D eigenvalue weighted by Gasteiger charge is 2.27. The Bertz CT molecular complexity index is 781. The lowest BCUT2D eigenvalue weighted by Gasteiger charge is -2.11. The van der Waals surface area contributed by atoms with Gasteiger partial charge in [0.05, 0.1) is 19.2 Å². The fraction of sp³-hybridized carbons (Fsp3) is 0.273. The number of fused-ring (bicyclic) bond motifs is 1. The molecule has 3 rings (SSSR count). The number of rotatable bonds is 4. The van der Waals surface area contributed by atoms with Crippen LogP contribution in [0.15, 0.2) is 18.7 Å². The third-order valence-electron chi connectivity index (χ3n) is 2.77. The first kappa shape index (κ1) is 14.1. The maximum Gasteiger partial charge on any atom is 0.392 e. The molecule has 3 N–H and O–H groups in total. The maximum atomic E-state index is 12.3. The third-order valence-corrected chi connectivity index (χ3v) is 2.77. The van der Waals surface area contributed by atoms with E-state index in [1.807, 2.05) is 0 Å². The molecule has 3 aromatic heterocycles. The lowest BCUT2D eigenvalue weighted by Crippen LogP contribution is -2.14. The lowest BCUT2D eigenvalue weighted by molar-refractivity contribution is -0.139. The van der Waals surface area contributed by atoms with Gasteiger partial charge in [-0.25, -0.2) is 4.98 Å². The molecule has 0 aromatic carbocycles. The summed E-state index contributed by atoms with van der Waals surface area (Å²) >= 11 is 0. The zero-order valence-electron chi connectivity index (χ0n) is 11.0. The fourth-order valence-corrected chi connectivity index (χ4v) is 1.84. The largest absolute Gasteiger partial charge is 0.487 e. The van der Waals surface area contributed by atoms with Gasteiger partial charge in [-0.3, -0.25) is 5.10 Å². The number of ether oxygens (including phenoxy) is 1. The number of hydrogen-bond donors (Lipinski definition) is 2. The average molecular weight is 313 g/mol. The van der Waals surface area contributed by atoms with Gasteiger partial charge in [0, 0.05) is 11.8 Å². The normalized spacial score (nSPS) is 12.0. The zero-order valence-corrected chi connectivity index (χ0v) is 11.0. The number of H-pyrrole nitrogens is 1. The smallest absolute Gasteiger partial charge is 0.392 e. The minimum absolute atomic E-state index is 0.0354. The predicted octanol–water partition coefficient (Wildman–Crippen LogP) is 1.43. The van der Waals surface area contributed by atoms with Crippen LogP contribution in [0.25, 0.3) is 16.9 Å². The summed E-state index contributed by atoms with van der Waals surface area (Å²) in [5.74, 6) is 0.0316. The fourth-order valence-electron chi connectivity index (χ4n) is 1.84. The van der Waals surface area contributed by atoms with E-state index in [1.54, 1.807) is 0 Å². The van der Waals surface area contributed by atoms with Crippen LogP contribution < -0.4 is 10.5 Å². The second-order valence-corrected chi connectivity index (χ2v) is 4.36. The van der Waals surface area contributed by atoms with Crippen LogP contribution in [-0.2, 0) is 0 Å². The number of nitrogen functional groups attached to an aromatic ring is 1. The van der Waals surface area contributed by atoms with Gasteiger partial charge in [0.15, 0.2) is 5.75 Å². The molecule has 0 aliphatic heterocycles. The molecule has 0 bridgehead atoms. The number of alkyl halides is 3. The second kappa shape index (κ2) is 5.16. The Morgan fingerprint density at radius 2 is 2.18 bits per heavy atom. The minimum atomic E-state index is -4.32. The summed E-state index contributed by atoms with van der Waals surface area (Å²) in [6.07, 6.45) is -1.06. The van der Waals surface area contributed by atoms with E-state index in [0.717, 1.165) is 0 Å². The maximum absolute atomic E-state index is 12.3. The molecule has 11 heteroatoms. The number of nitrogens with one attached hydrogen (secondary N) is 1. The Morgan fingerprint density at radius 3 is 2.86 bits per heavy atom. The molecule has 0 amide bonds. The van der Waals surface area contributed by atoms with Gasteiger partial charge in [0.1, 0.15) is 12.0 Å². The highest BCUT2D eigenvalue weighted by Crippen LogP contribution is 2.31. The summed E-state index contributed by atoms with van der Waals surface area (Å²) in [5.41, 5.74) is 6.54. The molecule has 0 unspecified atom stereocenters. The predicted molar refractivity (Wildman–Crippen MR) is 68.9 cm³/mol. The van der Waals surface area contributed by atoms with E-state index < -0.39 is 19.2 Å². The SMILES string of the molecule is Nc1nc2c(OCCC(F)(F)F)c(-c3cn[nH]c3)ncn2n1. The molecule has 0 saturated heterocycles. The van der Waals surface area contributed by atoms with E-state index in [2.05, 4.69) is 25.3 Å². The number of hydrogen-bond acceptors (Lipinski definition) is 6. The Hall–Kier alpha value is -2.85. The molecule has 0 aliphatic rings. The van der Waals surface area contributed by atoms with Crippen molar-refractivity contribution >= 4 is 11.6 Å². The zero-order chi connectivity index (χ0) is 15.7. The molecular weight excluding hydrogens is 303 g/mol. The first-order chi connectivity index (χ1) is 10.4. The molecule has 3 heterocycles. The molecule has 0 radical (unpaired) electrons. The van der Waals surface area contributed by atoms with E-state index in [4.69, 9.17) is 10.5 Å². The van der Waals surface area contributed by atoms with Crippen molar-refractivity contribution in [3.63, 3.8) is 0 Å². The minimum Gasteiger partial charge on any atom is -0.487 e. The van der Waals surface area contributed by atoms with E-state index in [9.17, 15) is 13.2 Å². The molecule has 116 valence electrons. The van der Waals surface area contributed by atoms with Crippen LogP contribution in [0.5, 0.6) is 5.75 Å². The van der Waals surface area contributed by atoms with Crippen LogP contribution in [0, 0.1) is 0 Å². The summed E-state index contributed by atoms with van der Waals surface area (Å²) in [7, 11) is 0. The van der Waals surface area contributed by atoms with Crippen LogP contribution in [0.4, 0.5) is 19.1 Å². The van der Waals surface area contributed by atoms with Gasteiger partial charge >= 0.3 is 6.18 Å². The van der Waals surface area contributed by atoms with Gasteiger partial charge in [-0.1, -0.05) is 0 Å². The summed E-state index contributed by atoms with van der Waals surface area (Å²) in [4.78, 5) is 8.07. The van der Waals surface area contributed by atoms with E-state index in [-0.39, 0.29) is 17.3 Å². The summed E-state index contributed by atoms with van der Waals surface area (Å²) in [5, 5.41) is 10.2. The first-order valence-corrected chi connectivity index (χ1v) is 6.13. The average Bonchev–Trinajstić information content (AvgIpc) is 3.05. The molecule has 22 heavy (non-hydrogen) atoms. The van der Waals surface area contributed by atoms with Crippen molar-refractivity contribution < 1.29 is 17.9 Å². The topological polar surface area (TPSA) is 107 Å². The molecule has 0 aliphatic carbocycles. The Labute approximate surface area is 121 Å². The van der Waals surface area contributed by atoms with Crippen molar-refractivity contribution in [1.29, 1.82) is 0 Å². The van der Waals surface area contributed by atoms with Crippen LogP contribution in [-0.4, -0.2) is 42.6 Å². The summed E-state index contributed by atoms with van der Waals surface area (Å²) < 4.78 is 43.4. The lowest BCUT2D eigenvalue weighted by atomic mass is 10.2. The highest BCUT2D eigenvalue weighted by molar-refractivity contribution is 5.73. The highest BCUT2D eigenvalue weighted by atomic mass is 19.4. The second-order valence-electron chi connectivity index (χ2n) is 4.36. The van der Waals surface area contributed by atoms with Crippen LogP contribution >= 0.6 is 0 Å². The monoisotopic (exact) mass is 313 g/mol. The molecule has 0 saturated carbocycles. The van der Waals surface area contributed by atoms with Gasteiger partial charge < -0.3 is 10.5 Å². The molecular formula is C11H10F3N7O. The summed E-state index contributed by atoms with van der Waals surface area (Å²) in [6, 6.07) is 0. The number of halogens is 3. The van der Waals surface area contributed by atoms with Crippen molar-refractivity contribution in [1.82, 2.24) is 29.8 Å². The van der Waals surface area contributed by atoms with Gasteiger partial charge in [-0.05, 0) is 0 Å². The molecule has 3 aromatic rings. The van der Waals surface area contributed by atoms with E-state index >= 15 is 0 Å². The van der Waals surface area contributed by atoms with Gasteiger partial charge in [0.2, 0.25) is 11.6 Å². The van der Waals surface area contributed by atoms with Crippen LogP contribution in [0.1, 0.15) is 6.42 Å². The Balaban J connectivity index is 2.01. The summed E-state index contributed by atoms with van der Waals surface area (Å²) in [6.45, 7) is -0.567. The number of nitrogens with zero attached hydrogens (tertiary/aromatic N) is 5. The third kappa shape index (κ3) is 2.77. The molecule has 8 nitrogen and oxygen atoms in total. The van der Waals surface area contributed by atoms with Crippen LogP contribution in [0.2, 0.25) is 0 Å².